The maximum absolute atomic E-state index is 12.7. The molecule has 8 heteroatoms. The maximum atomic E-state index is 12.7. The third-order valence-corrected chi connectivity index (χ3v) is 5.75. The molecule has 3 heterocycles. The van der Waals surface area contributed by atoms with Crippen LogP contribution in [0, 0.1) is 0 Å². The SMILES string of the molecule is COc1ccc(C(=O)NC2CCN(c3cc(-c4cccs4)[nH]n3)C2)c(OC)c1. The molecule has 1 amide bonds. The largest absolute Gasteiger partial charge is 0.497 e. The summed E-state index contributed by atoms with van der Waals surface area (Å²) in [6.07, 6.45) is 0.866. The standard InChI is InChI=1S/C20H22N4O3S/c1-26-14-5-6-15(17(10-14)27-2)20(25)21-13-7-8-24(12-13)19-11-16(22-23-19)18-4-3-9-28-18/h3-6,9-11,13H,7-8,12H2,1-2H3,(H,21,25)(H,22,23). The minimum Gasteiger partial charge on any atom is -0.497 e. The van der Waals surface area contributed by atoms with E-state index in [1.807, 2.05) is 11.4 Å². The molecule has 2 N–H and O–H groups in total. The predicted molar refractivity (Wildman–Crippen MR) is 110 cm³/mol. The van der Waals surface area contributed by atoms with Crippen LogP contribution in [-0.4, -0.2) is 49.5 Å². The van der Waals surface area contributed by atoms with Gasteiger partial charge in [0.1, 0.15) is 11.5 Å². The van der Waals surface area contributed by atoms with E-state index in [2.05, 4.69) is 32.5 Å². The number of nitrogens with zero attached hydrogens (tertiary/aromatic N) is 2. The molecule has 0 spiro atoms. The van der Waals surface area contributed by atoms with E-state index in [4.69, 9.17) is 9.47 Å². The third-order valence-electron chi connectivity index (χ3n) is 4.85. The van der Waals surface area contributed by atoms with E-state index < -0.39 is 0 Å². The Hall–Kier alpha value is -3.00. The second kappa shape index (κ2) is 7.93. The first kappa shape index (κ1) is 18.4. The highest BCUT2D eigenvalue weighted by Gasteiger charge is 2.27. The first-order valence-corrected chi connectivity index (χ1v) is 9.93. The smallest absolute Gasteiger partial charge is 0.255 e. The Morgan fingerprint density at radius 2 is 2.18 bits per heavy atom. The summed E-state index contributed by atoms with van der Waals surface area (Å²) in [6.45, 7) is 1.57. The lowest BCUT2D eigenvalue weighted by atomic mass is 10.1. The highest BCUT2D eigenvalue weighted by Crippen LogP contribution is 2.28. The van der Waals surface area contributed by atoms with E-state index in [-0.39, 0.29) is 11.9 Å². The minimum atomic E-state index is -0.146. The van der Waals surface area contributed by atoms with Crippen LogP contribution >= 0.6 is 11.3 Å². The molecule has 0 radical (unpaired) electrons. The van der Waals surface area contributed by atoms with Gasteiger partial charge in [0.25, 0.3) is 5.91 Å². The number of carbonyl (C=O) groups excluding carboxylic acids is 1. The summed E-state index contributed by atoms with van der Waals surface area (Å²) >= 11 is 1.68. The molecule has 1 saturated heterocycles. The van der Waals surface area contributed by atoms with Gasteiger partial charge in [-0.1, -0.05) is 6.07 Å². The highest BCUT2D eigenvalue weighted by molar-refractivity contribution is 7.13. The Bertz CT molecular complexity index is 954. The Morgan fingerprint density at radius 3 is 2.93 bits per heavy atom. The highest BCUT2D eigenvalue weighted by atomic mass is 32.1. The molecule has 2 aromatic heterocycles. The number of thiophene rings is 1. The number of methoxy groups -OCH3 is 2. The molecule has 146 valence electrons. The lowest BCUT2D eigenvalue weighted by Crippen LogP contribution is -2.37. The maximum Gasteiger partial charge on any atom is 0.255 e. The van der Waals surface area contributed by atoms with Crippen molar-refractivity contribution in [2.45, 2.75) is 12.5 Å². The number of hydrogen-bond donors (Lipinski definition) is 2. The van der Waals surface area contributed by atoms with Crippen LogP contribution < -0.4 is 19.7 Å². The molecule has 1 atom stereocenters. The zero-order chi connectivity index (χ0) is 19.5. The van der Waals surface area contributed by atoms with E-state index in [1.165, 1.54) is 0 Å². The van der Waals surface area contributed by atoms with Gasteiger partial charge in [0.2, 0.25) is 0 Å². The summed E-state index contributed by atoms with van der Waals surface area (Å²) in [4.78, 5) is 16.1. The van der Waals surface area contributed by atoms with Crippen molar-refractivity contribution in [2.75, 3.05) is 32.2 Å². The fourth-order valence-corrected chi connectivity index (χ4v) is 4.06. The van der Waals surface area contributed by atoms with E-state index in [0.29, 0.717) is 17.1 Å². The first-order chi connectivity index (χ1) is 13.7. The number of benzene rings is 1. The van der Waals surface area contributed by atoms with Crippen LogP contribution in [0.1, 0.15) is 16.8 Å². The normalized spacial score (nSPS) is 16.2. The number of ether oxygens (including phenoxy) is 2. The molecule has 0 saturated carbocycles. The van der Waals surface area contributed by atoms with Gasteiger partial charge < -0.3 is 19.7 Å². The van der Waals surface area contributed by atoms with Gasteiger partial charge in [-0.2, -0.15) is 5.10 Å². The lowest BCUT2D eigenvalue weighted by molar-refractivity contribution is 0.0937. The number of rotatable bonds is 6. The number of anilines is 1. The molecular weight excluding hydrogens is 376 g/mol. The van der Waals surface area contributed by atoms with E-state index in [1.54, 1.807) is 43.8 Å². The molecule has 1 aliphatic heterocycles. The summed E-state index contributed by atoms with van der Waals surface area (Å²) < 4.78 is 10.5. The molecule has 7 nitrogen and oxygen atoms in total. The zero-order valence-corrected chi connectivity index (χ0v) is 16.6. The fourth-order valence-electron chi connectivity index (χ4n) is 3.37. The van der Waals surface area contributed by atoms with Crippen LogP contribution in [0.25, 0.3) is 10.6 Å². The summed E-state index contributed by atoms with van der Waals surface area (Å²) in [6, 6.07) is 11.4. The van der Waals surface area contributed by atoms with Crippen molar-refractivity contribution in [2.24, 2.45) is 0 Å². The Balaban J connectivity index is 1.40. The Morgan fingerprint density at radius 1 is 1.29 bits per heavy atom. The van der Waals surface area contributed by atoms with Gasteiger partial charge >= 0.3 is 0 Å². The lowest BCUT2D eigenvalue weighted by Gasteiger charge is -2.17. The monoisotopic (exact) mass is 398 g/mol. The molecule has 4 rings (SSSR count). The number of aromatic amines is 1. The summed E-state index contributed by atoms with van der Waals surface area (Å²) in [5, 5.41) is 12.7. The molecule has 1 aliphatic rings. The van der Waals surface area contributed by atoms with Crippen molar-refractivity contribution in [1.29, 1.82) is 0 Å². The predicted octanol–water partition coefficient (Wildman–Crippen LogP) is 3.16. The van der Waals surface area contributed by atoms with Gasteiger partial charge in [0, 0.05) is 31.3 Å². The molecule has 1 unspecified atom stereocenters. The topological polar surface area (TPSA) is 79.5 Å². The van der Waals surface area contributed by atoms with Crippen LogP contribution in [0.5, 0.6) is 11.5 Å². The van der Waals surface area contributed by atoms with Crippen molar-refractivity contribution in [1.82, 2.24) is 15.5 Å². The van der Waals surface area contributed by atoms with Crippen LogP contribution in [0.2, 0.25) is 0 Å². The van der Waals surface area contributed by atoms with E-state index in [0.717, 1.165) is 35.9 Å². The van der Waals surface area contributed by atoms with E-state index >= 15 is 0 Å². The quantitative estimate of drug-likeness (QED) is 0.667. The first-order valence-electron chi connectivity index (χ1n) is 9.05. The molecule has 28 heavy (non-hydrogen) atoms. The van der Waals surface area contributed by atoms with E-state index in [9.17, 15) is 4.79 Å². The van der Waals surface area contributed by atoms with Gasteiger partial charge in [0.15, 0.2) is 5.82 Å². The van der Waals surface area contributed by atoms with Crippen molar-refractivity contribution in [3.63, 3.8) is 0 Å². The number of hydrogen-bond acceptors (Lipinski definition) is 6. The number of nitrogens with one attached hydrogen (secondary N) is 2. The number of carbonyl (C=O) groups is 1. The molecule has 0 bridgehead atoms. The average molecular weight is 398 g/mol. The summed E-state index contributed by atoms with van der Waals surface area (Å²) in [5.41, 5.74) is 1.52. The van der Waals surface area contributed by atoms with Gasteiger partial charge in [0.05, 0.1) is 30.4 Å². The third kappa shape index (κ3) is 3.68. The number of aromatic nitrogens is 2. The Labute approximate surface area is 167 Å². The number of H-pyrrole nitrogens is 1. The van der Waals surface area contributed by atoms with Gasteiger partial charge in [-0.25, -0.2) is 0 Å². The Kier molecular flexibility index (Phi) is 5.21. The molecule has 3 aromatic rings. The fraction of sp³-hybridized carbons (Fsp3) is 0.300. The van der Waals surface area contributed by atoms with Gasteiger partial charge in [-0.15, -0.1) is 11.3 Å². The second-order valence-electron chi connectivity index (χ2n) is 6.59. The van der Waals surface area contributed by atoms with Crippen LogP contribution in [0.15, 0.2) is 41.8 Å². The molecule has 1 fully saturated rings. The van der Waals surface area contributed by atoms with Crippen molar-refractivity contribution in [3.8, 4) is 22.1 Å². The average Bonchev–Trinajstić information content (AvgIpc) is 3.47. The van der Waals surface area contributed by atoms with Gasteiger partial charge in [-0.3, -0.25) is 9.89 Å². The van der Waals surface area contributed by atoms with Crippen LogP contribution in [0.3, 0.4) is 0 Å². The summed E-state index contributed by atoms with van der Waals surface area (Å²) in [5.74, 6) is 1.91. The van der Waals surface area contributed by atoms with Crippen molar-refractivity contribution < 1.29 is 14.3 Å². The minimum absolute atomic E-state index is 0.0567. The molecule has 0 aliphatic carbocycles. The summed E-state index contributed by atoms with van der Waals surface area (Å²) in [7, 11) is 3.13. The molecule has 1 aromatic carbocycles. The van der Waals surface area contributed by atoms with Gasteiger partial charge in [-0.05, 0) is 30.0 Å². The second-order valence-corrected chi connectivity index (χ2v) is 7.54. The van der Waals surface area contributed by atoms with Crippen molar-refractivity contribution >= 4 is 23.1 Å². The molecular formula is C20H22N4O3S. The van der Waals surface area contributed by atoms with Crippen LogP contribution in [-0.2, 0) is 0 Å². The number of amides is 1. The van der Waals surface area contributed by atoms with Crippen molar-refractivity contribution in [3.05, 3.63) is 47.3 Å². The van der Waals surface area contributed by atoms with Crippen LogP contribution in [0.4, 0.5) is 5.82 Å². The zero-order valence-electron chi connectivity index (χ0n) is 15.8.